The lowest BCUT2D eigenvalue weighted by Crippen LogP contribution is -2.24. The van der Waals surface area contributed by atoms with Gasteiger partial charge in [0.2, 0.25) is 0 Å². The normalized spacial score (nSPS) is 12.8. The van der Waals surface area contributed by atoms with Crippen LogP contribution < -0.4 is 0 Å². The number of aromatic hydroxyl groups is 2. The fourth-order valence-electron chi connectivity index (χ4n) is 3.85. The number of nitrogens with zero attached hydrogens (tertiary/aromatic N) is 1. The molecule has 3 aromatic rings. The van der Waals surface area contributed by atoms with Crippen LogP contribution in [0.5, 0.6) is 11.5 Å². The predicted octanol–water partition coefficient (Wildman–Crippen LogP) is 5.33. The summed E-state index contributed by atoms with van der Waals surface area (Å²) in [6, 6.07) is 17.8. The summed E-state index contributed by atoms with van der Waals surface area (Å²) in [6.45, 7) is 5.56. The number of phenols is 2. The number of hydrogen-bond donors (Lipinski definition) is 3. The van der Waals surface area contributed by atoms with E-state index < -0.39 is 5.97 Å². The molecule has 5 heteroatoms. The Labute approximate surface area is 178 Å². The third-order valence-corrected chi connectivity index (χ3v) is 5.21. The quantitative estimate of drug-likeness (QED) is 0.513. The molecule has 30 heavy (non-hydrogen) atoms. The highest BCUT2D eigenvalue weighted by Gasteiger charge is 2.18. The van der Waals surface area contributed by atoms with E-state index in [-0.39, 0.29) is 11.3 Å². The molecule has 3 N–H and O–H groups in total. The summed E-state index contributed by atoms with van der Waals surface area (Å²) < 4.78 is 0. The van der Waals surface area contributed by atoms with Gasteiger partial charge in [-0.3, -0.25) is 0 Å². The summed E-state index contributed by atoms with van der Waals surface area (Å²) in [4.78, 5) is 12.9. The zero-order valence-corrected chi connectivity index (χ0v) is 18.0. The third-order valence-electron chi connectivity index (χ3n) is 5.21. The van der Waals surface area contributed by atoms with Gasteiger partial charge in [-0.15, -0.1) is 0 Å². The Balaban J connectivity index is 0.000000215. The van der Waals surface area contributed by atoms with Gasteiger partial charge in [0.05, 0.1) is 0 Å². The van der Waals surface area contributed by atoms with Crippen molar-refractivity contribution in [2.45, 2.75) is 26.2 Å². The topological polar surface area (TPSA) is 81.0 Å². The highest BCUT2D eigenvalue weighted by molar-refractivity contribution is 6.00. The van der Waals surface area contributed by atoms with Gasteiger partial charge in [0.25, 0.3) is 0 Å². The molecule has 0 amide bonds. The first-order chi connectivity index (χ1) is 14.2. The number of carboxylic acid groups (broad SMARTS) is 1. The second-order valence-electron chi connectivity index (χ2n) is 7.84. The number of fused-ring (bicyclic) bond motifs is 1. The number of hydrogen-bond acceptors (Lipinski definition) is 4. The van der Waals surface area contributed by atoms with Crippen molar-refractivity contribution in [2.75, 3.05) is 20.6 Å². The Hall–Kier alpha value is -3.05. The third kappa shape index (κ3) is 5.97. The number of carboxylic acids is 1. The van der Waals surface area contributed by atoms with E-state index in [0.717, 1.165) is 18.4 Å². The Morgan fingerprint density at radius 2 is 1.70 bits per heavy atom. The Morgan fingerprint density at radius 3 is 2.30 bits per heavy atom. The van der Waals surface area contributed by atoms with E-state index in [0.29, 0.717) is 23.0 Å². The van der Waals surface area contributed by atoms with Crippen molar-refractivity contribution in [2.24, 2.45) is 5.92 Å². The van der Waals surface area contributed by atoms with Gasteiger partial charge in [-0.05, 0) is 61.5 Å². The van der Waals surface area contributed by atoms with E-state index in [9.17, 15) is 15.0 Å². The van der Waals surface area contributed by atoms with Crippen molar-refractivity contribution in [3.8, 4) is 11.5 Å². The fraction of sp³-hybridized carbons (Fsp3) is 0.320. The number of aromatic carboxylic acids is 1. The largest absolute Gasteiger partial charge is 0.508 e. The maximum Gasteiger partial charge on any atom is 0.339 e. The lowest BCUT2D eigenvalue weighted by atomic mass is 9.85. The molecule has 0 saturated carbocycles. The SMILES string of the molecule is CC[C@@H](c1cccc(O)c1)[C@@H](C)CN(C)C.O=C(O)c1ccc2ccccc2c1O. The van der Waals surface area contributed by atoms with Crippen LogP contribution in [0.2, 0.25) is 0 Å². The second-order valence-corrected chi connectivity index (χ2v) is 7.84. The molecule has 160 valence electrons. The summed E-state index contributed by atoms with van der Waals surface area (Å²) in [5.74, 6) is 0.202. The first-order valence-corrected chi connectivity index (χ1v) is 10.1. The first kappa shape index (κ1) is 23.2. The molecule has 0 spiro atoms. The van der Waals surface area contributed by atoms with Gasteiger partial charge in [-0.1, -0.05) is 56.3 Å². The molecule has 0 aliphatic carbocycles. The highest BCUT2D eigenvalue weighted by atomic mass is 16.4. The molecule has 0 aliphatic heterocycles. The van der Waals surface area contributed by atoms with E-state index in [1.165, 1.54) is 11.6 Å². The minimum Gasteiger partial charge on any atom is -0.508 e. The summed E-state index contributed by atoms with van der Waals surface area (Å²) in [5, 5.41) is 29.3. The molecule has 0 aromatic heterocycles. The van der Waals surface area contributed by atoms with Crippen molar-refractivity contribution in [1.29, 1.82) is 0 Å². The smallest absolute Gasteiger partial charge is 0.339 e. The zero-order chi connectivity index (χ0) is 22.3. The van der Waals surface area contributed by atoms with Gasteiger partial charge in [-0.25, -0.2) is 4.79 Å². The lowest BCUT2D eigenvalue weighted by molar-refractivity contribution is 0.0694. The summed E-state index contributed by atoms with van der Waals surface area (Å²) in [7, 11) is 4.21. The van der Waals surface area contributed by atoms with E-state index in [4.69, 9.17) is 5.11 Å². The van der Waals surface area contributed by atoms with Crippen LogP contribution in [-0.4, -0.2) is 46.8 Å². The molecule has 0 saturated heterocycles. The van der Waals surface area contributed by atoms with Crippen molar-refractivity contribution >= 4 is 16.7 Å². The summed E-state index contributed by atoms with van der Waals surface area (Å²) in [5.41, 5.74) is 1.18. The van der Waals surface area contributed by atoms with E-state index in [2.05, 4.69) is 38.9 Å². The molecule has 0 heterocycles. The first-order valence-electron chi connectivity index (χ1n) is 10.1. The monoisotopic (exact) mass is 409 g/mol. The van der Waals surface area contributed by atoms with Gasteiger partial charge >= 0.3 is 5.97 Å². The minimum absolute atomic E-state index is 0.0660. The number of carbonyl (C=O) groups is 1. The van der Waals surface area contributed by atoms with Crippen molar-refractivity contribution in [3.63, 3.8) is 0 Å². The van der Waals surface area contributed by atoms with E-state index >= 15 is 0 Å². The van der Waals surface area contributed by atoms with Crippen LogP contribution in [0, 0.1) is 5.92 Å². The fourth-order valence-corrected chi connectivity index (χ4v) is 3.85. The van der Waals surface area contributed by atoms with Gasteiger partial charge < -0.3 is 20.2 Å². The molecule has 0 radical (unpaired) electrons. The molecule has 3 rings (SSSR count). The zero-order valence-electron chi connectivity index (χ0n) is 18.0. The molecule has 2 atom stereocenters. The van der Waals surface area contributed by atoms with Crippen LogP contribution in [0.4, 0.5) is 0 Å². The number of benzene rings is 3. The molecule has 5 nitrogen and oxygen atoms in total. The predicted molar refractivity (Wildman–Crippen MR) is 121 cm³/mol. The van der Waals surface area contributed by atoms with Crippen LogP contribution in [0.1, 0.15) is 42.1 Å². The van der Waals surface area contributed by atoms with Crippen molar-refractivity contribution in [3.05, 3.63) is 71.8 Å². The van der Waals surface area contributed by atoms with Gasteiger partial charge in [-0.2, -0.15) is 0 Å². The second kappa shape index (κ2) is 10.6. The van der Waals surface area contributed by atoms with Crippen molar-refractivity contribution < 1.29 is 20.1 Å². The Morgan fingerprint density at radius 1 is 1.00 bits per heavy atom. The van der Waals surface area contributed by atoms with E-state index in [1.807, 2.05) is 24.3 Å². The maximum absolute atomic E-state index is 10.7. The van der Waals surface area contributed by atoms with Gasteiger partial charge in [0.15, 0.2) is 0 Å². The maximum atomic E-state index is 10.7. The van der Waals surface area contributed by atoms with Crippen LogP contribution in [-0.2, 0) is 0 Å². The Kier molecular flexibility index (Phi) is 8.25. The van der Waals surface area contributed by atoms with Gasteiger partial charge in [0.1, 0.15) is 17.1 Å². The minimum atomic E-state index is -1.12. The van der Waals surface area contributed by atoms with E-state index in [1.54, 1.807) is 24.3 Å². The van der Waals surface area contributed by atoms with Gasteiger partial charge in [0, 0.05) is 11.9 Å². The van der Waals surface area contributed by atoms with Crippen LogP contribution in [0.15, 0.2) is 60.7 Å². The summed E-state index contributed by atoms with van der Waals surface area (Å²) in [6.07, 6.45) is 1.11. The molecular weight excluding hydrogens is 378 g/mol. The molecule has 0 bridgehead atoms. The van der Waals surface area contributed by atoms with Crippen molar-refractivity contribution in [1.82, 2.24) is 4.90 Å². The van der Waals surface area contributed by atoms with Crippen LogP contribution in [0.3, 0.4) is 0 Å². The molecule has 0 aliphatic rings. The average Bonchev–Trinajstić information content (AvgIpc) is 2.69. The van der Waals surface area contributed by atoms with Crippen LogP contribution in [0.25, 0.3) is 10.8 Å². The molecule has 3 aromatic carbocycles. The number of phenolic OH excluding ortho intramolecular Hbond substituents is 1. The molecule has 0 fully saturated rings. The number of rotatable bonds is 6. The molecule has 0 unspecified atom stereocenters. The lowest BCUT2D eigenvalue weighted by Gasteiger charge is -2.26. The highest BCUT2D eigenvalue weighted by Crippen LogP contribution is 2.30. The van der Waals surface area contributed by atoms with Crippen LogP contribution >= 0.6 is 0 Å². The average molecular weight is 410 g/mol. The summed E-state index contributed by atoms with van der Waals surface area (Å²) >= 11 is 0. The molecular formula is C25H31NO4. The standard InChI is InChI=1S/C14H23NO.C11H8O3/c1-5-14(11(2)10-15(3)4)12-7-6-8-13(16)9-12;12-10-8-4-2-1-3-7(8)5-6-9(10)11(13)14/h6-9,11,14,16H,5,10H2,1-4H3;1-6,12H,(H,13,14)/t11-,14+;/m0./s1. The Bertz CT molecular complexity index is 984.